The van der Waals surface area contributed by atoms with Crippen LogP contribution in [0.1, 0.15) is 24.6 Å². The number of carbonyl (C=O) groups is 1. The van der Waals surface area contributed by atoms with Crippen LogP contribution in [0.15, 0.2) is 54.9 Å². The van der Waals surface area contributed by atoms with Gasteiger partial charge in [-0.05, 0) is 43.2 Å². The van der Waals surface area contributed by atoms with E-state index in [1.54, 1.807) is 42.7 Å². The fraction of sp³-hybridized carbons (Fsp3) is 0.273. The fourth-order valence-corrected chi connectivity index (χ4v) is 3.64. The van der Waals surface area contributed by atoms with E-state index in [0.717, 1.165) is 4.90 Å². The van der Waals surface area contributed by atoms with Crippen LogP contribution < -0.4 is 5.32 Å². The van der Waals surface area contributed by atoms with Gasteiger partial charge in [0.15, 0.2) is 0 Å². The first-order chi connectivity index (χ1) is 15.3. The first-order valence-electron chi connectivity index (χ1n) is 9.97. The van der Waals surface area contributed by atoms with E-state index in [1.807, 2.05) is 0 Å². The summed E-state index contributed by atoms with van der Waals surface area (Å²) in [6, 6.07) is 11.0. The van der Waals surface area contributed by atoms with Gasteiger partial charge in [0.05, 0.1) is 5.69 Å². The molecule has 1 aliphatic rings. The molecule has 1 saturated heterocycles. The van der Waals surface area contributed by atoms with Gasteiger partial charge in [0, 0.05) is 48.7 Å². The molecule has 32 heavy (non-hydrogen) atoms. The Kier molecular flexibility index (Phi) is 6.02. The van der Waals surface area contributed by atoms with E-state index in [0.29, 0.717) is 41.4 Å². The quantitative estimate of drug-likeness (QED) is 0.590. The number of benzene rings is 1. The first kappa shape index (κ1) is 21.7. The molecule has 0 spiro atoms. The number of aromatic nitrogens is 3. The average molecular weight is 445 g/mol. The lowest BCUT2D eigenvalue weighted by molar-refractivity contribution is -0.186. The Hall–Kier alpha value is -3.56. The number of likely N-dealkylation sites (tertiary alicyclic amines) is 1. The van der Waals surface area contributed by atoms with Gasteiger partial charge in [-0.15, -0.1) is 0 Å². The molecule has 0 radical (unpaired) electrons. The zero-order valence-corrected chi connectivity index (χ0v) is 16.8. The lowest BCUT2D eigenvalue weighted by atomic mass is 9.96. The number of nitrogens with zero attached hydrogens (tertiary/aromatic N) is 4. The van der Waals surface area contributed by atoms with Crippen LogP contribution in [0.5, 0.6) is 0 Å². The summed E-state index contributed by atoms with van der Waals surface area (Å²) >= 11 is 0. The van der Waals surface area contributed by atoms with Crippen molar-refractivity contribution in [1.82, 2.24) is 19.9 Å². The number of amides is 1. The average Bonchev–Trinajstić information content (AvgIpc) is 2.78. The molecule has 3 heterocycles. The van der Waals surface area contributed by atoms with Crippen molar-refractivity contribution < 1.29 is 22.4 Å². The third-order valence-electron chi connectivity index (χ3n) is 5.11. The number of hydrogen-bond acceptors (Lipinski definition) is 5. The van der Waals surface area contributed by atoms with Crippen LogP contribution in [-0.2, 0) is 4.79 Å². The third kappa shape index (κ3) is 5.01. The maximum absolute atomic E-state index is 13.6. The van der Waals surface area contributed by atoms with Gasteiger partial charge in [-0.25, -0.2) is 14.4 Å². The van der Waals surface area contributed by atoms with Crippen LogP contribution in [0.3, 0.4) is 0 Å². The Morgan fingerprint density at radius 3 is 2.69 bits per heavy atom. The molecule has 166 valence electrons. The van der Waals surface area contributed by atoms with Crippen LogP contribution in [0.25, 0.3) is 11.3 Å². The first-order valence-corrected chi connectivity index (χ1v) is 9.97. The number of anilines is 2. The number of hydrogen-bond donors (Lipinski definition) is 1. The maximum atomic E-state index is 13.6. The summed E-state index contributed by atoms with van der Waals surface area (Å²) < 4.78 is 52.3. The Morgan fingerprint density at radius 2 is 1.97 bits per heavy atom. The summed E-state index contributed by atoms with van der Waals surface area (Å²) in [5, 5.41) is 3.02. The monoisotopic (exact) mass is 445 g/mol. The largest absolute Gasteiger partial charge is 0.471 e. The molecule has 1 atom stereocenters. The standard InChI is InChI=1S/C22H19F4N5O/c23-16-6-1-7-17(10-16)28-19-11-18(14-4-2-8-27-12-14)29-20(30-19)15-5-3-9-31(13-15)21(32)22(24,25)26/h1-2,4,6-8,10-12,15H,3,5,9,13H2,(H,28,29,30). The molecule has 10 heteroatoms. The Bertz CT molecular complexity index is 1110. The molecule has 1 aliphatic heterocycles. The van der Waals surface area contributed by atoms with Crippen LogP contribution in [0.2, 0.25) is 0 Å². The molecule has 4 rings (SSSR count). The summed E-state index contributed by atoms with van der Waals surface area (Å²) in [6.07, 6.45) is -0.765. The normalized spacial score (nSPS) is 16.6. The number of piperidine rings is 1. The van der Waals surface area contributed by atoms with Crippen molar-refractivity contribution in [2.45, 2.75) is 24.9 Å². The molecular formula is C22H19F4N5O. The van der Waals surface area contributed by atoms with E-state index in [4.69, 9.17) is 0 Å². The summed E-state index contributed by atoms with van der Waals surface area (Å²) in [6.45, 7) is -0.0974. The molecule has 0 aliphatic carbocycles. The highest BCUT2D eigenvalue weighted by atomic mass is 19.4. The van der Waals surface area contributed by atoms with Crippen LogP contribution in [0.4, 0.5) is 29.1 Å². The van der Waals surface area contributed by atoms with Gasteiger partial charge in [0.25, 0.3) is 0 Å². The molecule has 1 unspecified atom stereocenters. The SMILES string of the molecule is O=C(N1CCCC(c2nc(Nc3cccc(F)c3)cc(-c3cccnc3)n2)C1)C(F)(F)F. The Labute approximate surface area is 181 Å². The fourth-order valence-electron chi connectivity index (χ4n) is 3.64. The minimum absolute atomic E-state index is 0.0333. The molecular weight excluding hydrogens is 426 g/mol. The second kappa shape index (κ2) is 8.89. The number of carbonyl (C=O) groups excluding carboxylic acids is 1. The highest BCUT2D eigenvalue weighted by Crippen LogP contribution is 2.31. The summed E-state index contributed by atoms with van der Waals surface area (Å²) in [5.41, 5.74) is 1.67. The van der Waals surface area contributed by atoms with Gasteiger partial charge in [-0.2, -0.15) is 13.2 Å². The van der Waals surface area contributed by atoms with Gasteiger partial charge in [-0.1, -0.05) is 6.07 Å². The van der Waals surface area contributed by atoms with Gasteiger partial charge < -0.3 is 10.2 Å². The number of alkyl halides is 3. The number of nitrogens with one attached hydrogen (secondary N) is 1. The molecule has 1 N–H and O–H groups in total. The lowest BCUT2D eigenvalue weighted by Crippen LogP contribution is -2.46. The summed E-state index contributed by atoms with van der Waals surface area (Å²) in [5.74, 6) is -2.09. The number of pyridine rings is 1. The van der Waals surface area contributed by atoms with Crippen LogP contribution in [-0.4, -0.2) is 45.0 Å². The predicted octanol–water partition coefficient (Wildman–Crippen LogP) is 4.69. The maximum Gasteiger partial charge on any atom is 0.471 e. The van der Waals surface area contributed by atoms with Crippen molar-refractivity contribution in [2.75, 3.05) is 18.4 Å². The summed E-state index contributed by atoms with van der Waals surface area (Å²) in [7, 11) is 0. The van der Waals surface area contributed by atoms with E-state index in [1.165, 1.54) is 12.1 Å². The molecule has 6 nitrogen and oxygen atoms in total. The van der Waals surface area contributed by atoms with Gasteiger partial charge >= 0.3 is 12.1 Å². The minimum Gasteiger partial charge on any atom is -0.340 e. The van der Waals surface area contributed by atoms with Crippen LogP contribution >= 0.6 is 0 Å². The van der Waals surface area contributed by atoms with Gasteiger partial charge in [0.1, 0.15) is 17.5 Å². The zero-order chi connectivity index (χ0) is 22.7. The molecule has 1 amide bonds. The van der Waals surface area contributed by atoms with Gasteiger partial charge in [0.2, 0.25) is 0 Å². The van der Waals surface area contributed by atoms with Crippen molar-refractivity contribution in [2.24, 2.45) is 0 Å². The second-order valence-corrected chi connectivity index (χ2v) is 7.46. The predicted molar refractivity (Wildman–Crippen MR) is 110 cm³/mol. The van der Waals surface area contributed by atoms with E-state index in [9.17, 15) is 22.4 Å². The van der Waals surface area contributed by atoms with Crippen molar-refractivity contribution in [3.8, 4) is 11.3 Å². The highest BCUT2D eigenvalue weighted by molar-refractivity contribution is 5.82. The number of halogens is 4. The van der Waals surface area contributed by atoms with Gasteiger partial charge in [-0.3, -0.25) is 9.78 Å². The summed E-state index contributed by atoms with van der Waals surface area (Å²) in [4.78, 5) is 25.6. The Morgan fingerprint density at radius 1 is 1.12 bits per heavy atom. The zero-order valence-electron chi connectivity index (χ0n) is 16.8. The van der Waals surface area contributed by atoms with E-state index < -0.39 is 23.8 Å². The highest BCUT2D eigenvalue weighted by Gasteiger charge is 2.44. The van der Waals surface area contributed by atoms with Crippen molar-refractivity contribution in [3.05, 3.63) is 66.5 Å². The van der Waals surface area contributed by atoms with E-state index in [2.05, 4.69) is 20.3 Å². The van der Waals surface area contributed by atoms with Crippen molar-refractivity contribution in [1.29, 1.82) is 0 Å². The second-order valence-electron chi connectivity index (χ2n) is 7.46. The molecule has 1 aromatic carbocycles. The molecule has 3 aromatic rings. The molecule has 0 bridgehead atoms. The molecule has 1 fully saturated rings. The lowest BCUT2D eigenvalue weighted by Gasteiger charge is -2.32. The van der Waals surface area contributed by atoms with Crippen molar-refractivity contribution >= 4 is 17.4 Å². The topological polar surface area (TPSA) is 71.0 Å². The minimum atomic E-state index is -4.93. The Balaban J connectivity index is 1.68. The number of rotatable bonds is 4. The van der Waals surface area contributed by atoms with E-state index in [-0.39, 0.29) is 13.1 Å². The van der Waals surface area contributed by atoms with Crippen LogP contribution in [0, 0.1) is 5.82 Å². The molecule has 2 aromatic heterocycles. The molecule has 0 saturated carbocycles. The van der Waals surface area contributed by atoms with E-state index >= 15 is 0 Å². The smallest absolute Gasteiger partial charge is 0.340 e. The third-order valence-corrected chi connectivity index (χ3v) is 5.11. The van der Waals surface area contributed by atoms with Crippen molar-refractivity contribution in [3.63, 3.8) is 0 Å².